The summed E-state index contributed by atoms with van der Waals surface area (Å²) < 4.78 is 0. The van der Waals surface area contributed by atoms with Gasteiger partial charge in [-0.05, 0) is 61.2 Å². The first-order chi connectivity index (χ1) is 10.3. The predicted octanol–water partition coefficient (Wildman–Crippen LogP) is 4.94. The molecule has 0 aliphatic carbocycles. The zero-order chi connectivity index (χ0) is 14.5. The minimum absolute atomic E-state index is 0.770. The van der Waals surface area contributed by atoms with Crippen LogP contribution in [0.1, 0.15) is 24.8 Å². The van der Waals surface area contributed by atoms with Crippen molar-refractivity contribution in [2.45, 2.75) is 25.8 Å². The second-order valence-electron chi connectivity index (χ2n) is 5.57. The molecular weight excluding hydrogens is 280 g/mol. The van der Waals surface area contributed by atoms with Crippen LogP contribution < -0.4 is 10.2 Å². The van der Waals surface area contributed by atoms with Gasteiger partial charge in [0.25, 0.3) is 0 Å². The smallest absolute Gasteiger partial charge is 0.0407 e. The normalized spacial score (nSPS) is 15.0. The maximum atomic E-state index is 5.89. The Labute approximate surface area is 131 Å². The van der Waals surface area contributed by atoms with E-state index < -0.39 is 0 Å². The Bertz CT molecular complexity index is 557. The molecule has 0 amide bonds. The van der Waals surface area contributed by atoms with E-state index in [1.54, 1.807) is 0 Å². The fourth-order valence-electron chi connectivity index (χ4n) is 2.75. The molecule has 1 N–H and O–H groups in total. The molecule has 1 aliphatic rings. The SMILES string of the molecule is Clc1ccc(NCc2ccc(N3CCCCC3)cc2)cc1. The number of piperidine rings is 1. The summed E-state index contributed by atoms with van der Waals surface area (Å²) in [5.74, 6) is 0. The van der Waals surface area contributed by atoms with Crippen LogP contribution in [0.15, 0.2) is 48.5 Å². The van der Waals surface area contributed by atoms with Gasteiger partial charge in [-0.15, -0.1) is 0 Å². The summed E-state index contributed by atoms with van der Waals surface area (Å²) in [6.45, 7) is 3.23. The molecule has 0 spiro atoms. The molecule has 110 valence electrons. The molecule has 2 nitrogen and oxygen atoms in total. The first-order valence-corrected chi connectivity index (χ1v) is 8.02. The molecule has 3 heteroatoms. The van der Waals surface area contributed by atoms with Gasteiger partial charge >= 0.3 is 0 Å². The molecule has 1 fully saturated rings. The van der Waals surface area contributed by atoms with Gasteiger partial charge in [0.1, 0.15) is 0 Å². The lowest BCUT2D eigenvalue weighted by Gasteiger charge is -2.28. The van der Waals surface area contributed by atoms with E-state index in [0.717, 1.165) is 17.3 Å². The van der Waals surface area contributed by atoms with Crippen molar-refractivity contribution in [1.29, 1.82) is 0 Å². The van der Waals surface area contributed by atoms with Gasteiger partial charge in [-0.1, -0.05) is 23.7 Å². The lowest BCUT2D eigenvalue weighted by Crippen LogP contribution is -2.29. The summed E-state index contributed by atoms with van der Waals surface area (Å²) in [6, 6.07) is 16.7. The number of halogens is 1. The Balaban J connectivity index is 1.57. The minimum Gasteiger partial charge on any atom is -0.381 e. The van der Waals surface area contributed by atoms with Crippen LogP contribution in [0.5, 0.6) is 0 Å². The van der Waals surface area contributed by atoms with E-state index in [1.807, 2.05) is 24.3 Å². The highest BCUT2D eigenvalue weighted by atomic mass is 35.5. The molecule has 2 aromatic rings. The summed E-state index contributed by atoms with van der Waals surface area (Å²) in [4.78, 5) is 2.49. The van der Waals surface area contributed by atoms with Crippen molar-refractivity contribution < 1.29 is 0 Å². The van der Waals surface area contributed by atoms with Gasteiger partial charge in [-0.3, -0.25) is 0 Å². The van der Waals surface area contributed by atoms with E-state index in [-0.39, 0.29) is 0 Å². The van der Waals surface area contributed by atoms with Gasteiger partial charge in [0.15, 0.2) is 0 Å². The standard InChI is InChI=1S/C18H21ClN2/c19-16-6-8-17(9-7-16)20-14-15-4-10-18(11-5-15)21-12-2-1-3-13-21/h4-11,20H,1-3,12-14H2. The molecular formula is C18H21ClN2. The third kappa shape index (κ3) is 3.92. The van der Waals surface area contributed by atoms with E-state index in [9.17, 15) is 0 Å². The third-order valence-electron chi connectivity index (χ3n) is 4.00. The molecule has 3 rings (SSSR count). The monoisotopic (exact) mass is 300 g/mol. The van der Waals surface area contributed by atoms with Crippen molar-refractivity contribution >= 4 is 23.0 Å². The molecule has 1 aliphatic heterocycles. The molecule has 0 bridgehead atoms. The van der Waals surface area contributed by atoms with Crippen LogP contribution in [0.2, 0.25) is 5.02 Å². The Morgan fingerprint density at radius 3 is 2.19 bits per heavy atom. The Morgan fingerprint density at radius 2 is 1.52 bits per heavy atom. The molecule has 2 aromatic carbocycles. The van der Waals surface area contributed by atoms with E-state index in [1.165, 1.54) is 43.6 Å². The number of nitrogens with zero attached hydrogens (tertiary/aromatic N) is 1. The highest BCUT2D eigenvalue weighted by Crippen LogP contribution is 2.21. The van der Waals surface area contributed by atoms with Crippen LogP contribution in [-0.4, -0.2) is 13.1 Å². The maximum Gasteiger partial charge on any atom is 0.0407 e. The lowest BCUT2D eigenvalue weighted by molar-refractivity contribution is 0.578. The Kier molecular flexibility index (Phi) is 4.66. The average Bonchev–Trinajstić information content (AvgIpc) is 2.56. The molecule has 0 atom stereocenters. The minimum atomic E-state index is 0.770. The third-order valence-corrected chi connectivity index (χ3v) is 4.25. The lowest BCUT2D eigenvalue weighted by atomic mass is 10.1. The van der Waals surface area contributed by atoms with Gasteiger partial charge in [-0.25, -0.2) is 0 Å². The zero-order valence-corrected chi connectivity index (χ0v) is 12.9. The molecule has 0 aromatic heterocycles. The van der Waals surface area contributed by atoms with Crippen LogP contribution in [-0.2, 0) is 6.54 Å². The quantitative estimate of drug-likeness (QED) is 0.860. The molecule has 0 saturated carbocycles. The van der Waals surface area contributed by atoms with E-state index in [4.69, 9.17) is 11.6 Å². The highest BCUT2D eigenvalue weighted by Gasteiger charge is 2.10. The van der Waals surface area contributed by atoms with Crippen LogP contribution in [0, 0.1) is 0 Å². The van der Waals surface area contributed by atoms with Crippen LogP contribution >= 0.6 is 11.6 Å². The summed E-state index contributed by atoms with van der Waals surface area (Å²) in [5, 5.41) is 4.18. The predicted molar refractivity (Wildman–Crippen MR) is 91.3 cm³/mol. The van der Waals surface area contributed by atoms with Crippen molar-refractivity contribution in [3.63, 3.8) is 0 Å². The van der Waals surface area contributed by atoms with E-state index >= 15 is 0 Å². The fraction of sp³-hybridized carbons (Fsp3) is 0.333. The first kappa shape index (κ1) is 14.3. The number of hydrogen-bond acceptors (Lipinski definition) is 2. The van der Waals surface area contributed by atoms with Crippen molar-refractivity contribution in [3.05, 3.63) is 59.1 Å². The number of nitrogens with one attached hydrogen (secondary N) is 1. The first-order valence-electron chi connectivity index (χ1n) is 7.64. The van der Waals surface area contributed by atoms with E-state index in [2.05, 4.69) is 34.5 Å². The molecule has 1 heterocycles. The Hall–Kier alpha value is -1.67. The molecule has 0 unspecified atom stereocenters. The van der Waals surface area contributed by atoms with E-state index in [0.29, 0.717) is 0 Å². The average molecular weight is 301 g/mol. The van der Waals surface area contributed by atoms with Crippen molar-refractivity contribution in [2.24, 2.45) is 0 Å². The molecule has 0 radical (unpaired) electrons. The largest absolute Gasteiger partial charge is 0.381 e. The Morgan fingerprint density at radius 1 is 0.857 bits per heavy atom. The fourth-order valence-corrected chi connectivity index (χ4v) is 2.87. The van der Waals surface area contributed by atoms with Crippen LogP contribution in [0.3, 0.4) is 0 Å². The zero-order valence-electron chi connectivity index (χ0n) is 12.2. The van der Waals surface area contributed by atoms with Crippen molar-refractivity contribution in [1.82, 2.24) is 0 Å². The topological polar surface area (TPSA) is 15.3 Å². The number of hydrogen-bond donors (Lipinski definition) is 1. The highest BCUT2D eigenvalue weighted by molar-refractivity contribution is 6.30. The van der Waals surface area contributed by atoms with Crippen molar-refractivity contribution in [3.8, 4) is 0 Å². The summed E-state index contributed by atoms with van der Waals surface area (Å²) in [7, 11) is 0. The van der Waals surface area contributed by atoms with Gasteiger partial charge in [-0.2, -0.15) is 0 Å². The number of anilines is 2. The second kappa shape index (κ2) is 6.86. The molecule has 21 heavy (non-hydrogen) atoms. The summed E-state index contributed by atoms with van der Waals surface area (Å²) in [5.41, 5.74) is 3.75. The van der Waals surface area contributed by atoms with Gasteiger partial charge in [0, 0.05) is 36.0 Å². The van der Waals surface area contributed by atoms with Crippen molar-refractivity contribution in [2.75, 3.05) is 23.3 Å². The molecule has 1 saturated heterocycles. The summed E-state index contributed by atoms with van der Waals surface area (Å²) in [6.07, 6.45) is 4.01. The van der Waals surface area contributed by atoms with Crippen LogP contribution in [0.4, 0.5) is 11.4 Å². The van der Waals surface area contributed by atoms with Gasteiger partial charge < -0.3 is 10.2 Å². The maximum absolute atomic E-state index is 5.89. The second-order valence-corrected chi connectivity index (χ2v) is 6.01. The van der Waals surface area contributed by atoms with Gasteiger partial charge in [0.2, 0.25) is 0 Å². The number of benzene rings is 2. The summed E-state index contributed by atoms with van der Waals surface area (Å²) >= 11 is 5.89. The number of rotatable bonds is 4. The van der Waals surface area contributed by atoms with Gasteiger partial charge in [0.05, 0.1) is 0 Å². The van der Waals surface area contributed by atoms with Crippen LogP contribution in [0.25, 0.3) is 0 Å².